The van der Waals surface area contributed by atoms with Crippen LogP contribution in [0.25, 0.3) is 0 Å². The summed E-state index contributed by atoms with van der Waals surface area (Å²) in [5, 5.41) is 10.3. The van der Waals surface area contributed by atoms with Crippen molar-refractivity contribution in [2.24, 2.45) is 0 Å². The molecule has 1 aromatic rings. The molecule has 1 aromatic carbocycles. The Hall–Kier alpha value is -1.56. The lowest BCUT2D eigenvalue weighted by atomic mass is 9.82. The van der Waals surface area contributed by atoms with Crippen molar-refractivity contribution in [2.75, 3.05) is 20.4 Å². The van der Waals surface area contributed by atoms with Gasteiger partial charge in [0, 0.05) is 32.2 Å². The van der Waals surface area contributed by atoms with Crippen molar-refractivity contribution in [3.8, 4) is 11.5 Å². The number of rotatable bonds is 1. The van der Waals surface area contributed by atoms with Crippen LogP contribution < -0.4 is 9.47 Å². The topological polar surface area (TPSA) is 51.2 Å². The highest BCUT2D eigenvalue weighted by Crippen LogP contribution is 2.49. The van der Waals surface area contributed by atoms with Gasteiger partial charge < -0.3 is 19.3 Å². The summed E-state index contributed by atoms with van der Waals surface area (Å²) in [6.07, 6.45) is 2.27. The molecule has 5 atom stereocenters. The molecule has 0 aromatic heterocycles. The molecule has 3 heterocycles. The first-order valence-corrected chi connectivity index (χ1v) is 7.83. The maximum atomic E-state index is 10.3. The quantitative estimate of drug-likeness (QED) is 0.795. The van der Waals surface area contributed by atoms with Gasteiger partial charge in [0.15, 0.2) is 11.5 Å². The third kappa shape index (κ3) is 1.64. The van der Waals surface area contributed by atoms with E-state index in [0.29, 0.717) is 18.8 Å². The van der Waals surface area contributed by atoms with Gasteiger partial charge in [-0.1, -0.05) is 6.08 Å². The average molecular weight is 301 g/mol. The first-order valence-electron chi connectivity index (χ1n) is 7.83. The number of nitrogens with zero attached hydrogens (tertiary/aromatic N) is 1. The van der Waals surface area contributed by atoms with Crippen molar-refractivity contribution < 1.29 is 19.3 Å². The van der Waals surface area contributed by atoms with E-state index in [-0.39, 0.29) is 6.10 Å². The number of hydrogen-bond donors (Lipinski definition) is 1. The zero-order valence-corrected chi connectivity index (χ0v) is 12.5. The predicted molar refractivity (Wildman–Crippen MR) is 79.0 cm³/mol. The van der Waals surface area contributed by atoms with Crippen LogP contribution in [0.2, 0.25) is 0 Å². The van der Waals surface area contributed by atoms with Gasteiger partial charge in [-0.15, -0.1) is 0 Å². The molecule has 1 N–H and O–H groups in total. The van der Waals surface area contributed by atoms with Crippen molar-refractivity contribution in [1.82, 2.24) is 4.90 Å². The molecule has 1 fully saturated rings. The molecule has 5 nitrogen and oxygen atoms in total. The maximum Gasteiger partial charge on any atom is 0.231 e. The van der Waals surface area contributed by atoms with Crippen LogP contribution in [0.4, 0.5) is 0 Å². The lowest BCUT2D eigenvalue weighted by molar-refractivity contribution is -0.0108. The number of aliphatic hydroxyl groups is 1. The van der Waals surface area contributed by atoms with Crippen molar-refractivity contribution in [3.05, 3.63) is 34.9 Å². The lowest BCUT2D eigenvalue weighted by Gasteiger charge is -2.33. The van der Waals surface area contributed by atoms with Gasteiger partial charge in [-0.2, -0.15) is 0 Å². The molecule has 0 spiro atoms. The van der Waals surface area contributed by atoms with E-state index in [0.717, 1.165) is 31.0 Å². The standard InChI is InChI=1S/C17H19NO4/c1-20-15-5-13-11(3-14(15)19)12-7-18(13)6-9-2-16-17(4-10(9)12)22-8-21-16/h2-4,12-15,19H,5-8H2,1H3/t12-,13-,14+,15-/m1/s1. The largest absolute Gasteiger partial charge is 0.454 e. The smallest absolute Gasteiger partial charge is 0.231 e. The minimum Gasteiger partial charge on any atom is -0.454 e. The average Bonchev–Trinajstić information content (AvgIpc) is 3.08. The van der Waals surface area contributed by atoms with Crippen molar-refractivity contribution in [2.45, 2.75) is 37.1 Å². The Morgan fingerprint density at radius 3 is 2.91 bits per heavy atom. The molecule has 22 heavy (non-hydrogen) atoms. The van der Waals surface area contributed by atoms with E-state index in [4.69, 9.17) is 14.2 Å². The van der Waals surface area contributed by atoms with Gasteiger partial charge in [-0.05, 0) is 35.3 Å². The highest BCUT2D eigenvalue weighted by Gasteiger charge is 2.46. The molecule has 4 aliphatic rings. The predicted octanol–water partition coefficient (Wildman–Crippen LogP) is 1.40. The summed E-state index contributed by atoms with van der Waals surface area (Å²) in [5.41, 5.74) is 4.00. The van der Waals surface area contributed by atoms with E-state index in [1.54, 1.807) is 7.11 Å². The van der Waals surface area contributed by atoms with Crippen molar-refractivity contribution in [3.63, 3.8) is 0 Å². The summed E-state index contributed by atoms with van der Waals surface area (Å²) in [4.78, 5) is 2.50. The Morgan fingerprint density at radius 1 is 1.27 bits per heavy atom. The number of methoxy groups -OCH3 is 1. The molecule has 1 saturated heterocycles. The third-order valence-corrected chi connectivity index (χ3v) is 5.53. The second-order valence-electron chi connectivity index (χ2n) is 6.57. The molecular formula is C17H19NO4. The third-order valence-electron chi connectivity index (χ3n) is 5.53. The molecule has 1 aliphatic carbocycles. The van der Waals surface area contributed by atoms with E-state index in [1.165, 1.54) is 16.7 Å². The van der Waals surface area contributed by atoms with E-state index in [2.05, 4.69) is 17.0 Å². The van der Waals surface area contributed by atoms with Crippen molar-refractivity contribution in [1.29, 1.82) is 0 Å². The second kappa shape index (κ2) is 4.47. The van der Waals surface area contributed by atoms with Crippen LogP contribution in [-0.4, -0.2) is 48.7 Å². The highest BCUT2D eigenvalue weighted by molar-refractivity contribution is 5.54. The SMILES string of the molecule is CO[C@@H]1C[C@@H]2C(=C[C@@H]1O)[C@@H]1CN2Cc2cc3c(cc21)OCO3. The maximum absolute atomic E-state index is 10.3. The number of hydrogen-bond acceptors (Lipinski definition) is 5. The summed E-state index contributed by atoms with van der Waals surface area (Å²) in [6, 6.07) is 4.64. The molecule has 0 saturated carbocycles. The molecule has 0 amide bonds. The highest BCUT2D eigenvalue weighted by atomic mass is 16.7. The lowest BCUT2D eigenvalue weighted by Crippen LogP contribution is -2.40. The van der Waals surface area contributed by atoms with Gasteiger partial charge in [-0.3, -0.25) is 4.90 Å². The fraction of sp³-hybridized carbons (Fsp3) is 0.529. The number of benzene rings is 1. The Bertz CT molecular complexity index is 671. The Balaban J connectivity index is 1.59. The van der Waals surface area contributed by atoms with E-state index in [1.807, 2.05) is 6.08 Å². The number of aliphatic hydroxyl groups excluding tert-OH is 1. The summed E-state index contributed by atoms with van der Waals surface area (Å²) in [6.45, 7) is 2.26. The van der Waals surface area contributed by atoms with Gasteiger partial charge in [0.1, 0.15) is 0 Å². The molecular weight excluding hydrogens is 282 g/mol. The van der Waals surface area contributed by atoms with Gasteiger partial charge in [-0.25, -0.2) is 0 Å². The summed E-state index contributed by atoms with van der Waals surface area (Å²) >= 11 is 0. The first kappa shape index (κ1) is 12.9. The van der Waals surface area contributed by atoms with Crippen LogP contribution in [0.15, 0.2) is 23.8 Å². The van der Waals surface area contributed by atoms with Gasteiger partial charge >= 0.3 is 0 Å². The number of ether oxygens (including phenoxy) is 3. The Morgan fingerprint density at radius 2 is 2.09 bits per heavy atom. The normalized spacial score (nSPS) is 37.5. The monoisotopic (exact) mass is 301 g/mol. The summed E-state index contributed by atoms with van der Waals surface area (Å²) in [7, 11) is 1.68. The number of fused-ring (bicyclic) bond motifs is 8. The van der Waals surface area contributed by atoms with E-state index >= 15 is 0 Å². The Labute approximate surface area is 129 Å². The van der Waals surface area contributed by atoms with Gasteiger partial charge in [0.05, 0.1) is 12.2 Å². The summed E-state index contributed by atoms with van der Waals surface area (Å²) in [5.74, 6) is 2.06. The minimum absolute atomic E-state index is 0.104. The molecule has 2 bridgehead atoms. The van der Waals surface area contributed by atoms with Crippen molar-refractivity contribution >= 4 is 0 Å². The van der Waals surface area contributed by atoms with E-state index in [9.17, 15) is 5.11 Å². The summed E-state index contributed by atoms with van der Waals surface area (Å²) < 4.78 is 16.5. The fourth-order valence-corrected chi connectivity index (χ4v) is 4.45. The fourth-order valence-electron chi connectivity index (χ4n) is 4.45. The Kier molecular flexibility index (Phi) is 2.63. The first-order chi connectivity index (χ1) is 10.7. The zero-order valence-electron chi connectivity index (χ0n) is 12.5. The van der Waals surface area contributed by atoms with Crippen LogP contribution in [0, 0.1) is 0 Å². The molecule has 5 heteroatoms. The van der Waals surface area contributed by atoms with E-state index < -0.39 is 6.10 Å². The van der Waals surface area contributed by atoms with Crippen LogP contribution in [0.1, 0.15) is 23.5 Å². The van der Waals surface area contributed by atoms with Gasteiger partial charge in [0.2, 0.25) is 6.79 Å². The van der Waals surface area contributed by atoms with Crippen LogP contribution >= 0.6 is 0 Å². The molecule has 0 radical (unpaired) electrons. The zero-order chi connectivity index (χ0) is 14.8. The minimum atomic E-state index is -0.505. The van der Waals surface area contributed by atoms with Crippen LogP contribution in [0.3, 0.4) is 0 Å². The van der Waals surface area contributed by atoms with Gasteiger partial charge in [0.25, 0.3) is 0 Å². The molecule has 1 unspecified atom stereocenters. The second-order valence-corrected chi connectivity index (χ2v) is 6.57. The van der Waals surface area contributed by atoms with Crippen LogP contribution in [-0.2, 0) is 11.3 Å². The molecule has 3 aliphatic heterocycles. The molecule has 116 valence electrons. The van der Waals surface area contributed by atoms with Crippen LogP contribution in [0.5, 0.6) is 11.5 Å². The molecule has 5 rings (SSSR count).